The molecule has 0 heterocycles. The van der Waals surface area contributed by atoms with Crippen molar-refractivity contribution in [3.05, 3.63) is 0 Å². The molecule has 1 fully saturated rings. The van der Waals surface area contributed by atoms with Crippen LogP contribution in [0.4, 0.5) is 0 Å². The quantitative estimate of drug-likeness (QED) is 0.789. The fourth-order valence-electron chi connectivity index (χ4n) is 3.87. The summed E-state index contributed by atoms with van der Waals surface area (Å²) >= 11 is 0. The first-order valence-corrected chi connectivity index (χ1v) is 8.19. The Bertz CT molecular complexity index is 258. The fourth-order valence-corrected chi connectivity index (χ4v) is 3.87. The van der Waals surface area contributed by atoms with Crippen LogP contribution in [-0.4, -0.2) is 37.1 Å². The van der Waals surface area contributed by atoms with E-state index in [9.17, 15) is 0 Å². The first-order valence-electron chi connectivity index (χ1n) is 8.19. The first-order chi connectivity index (χ1) is 8.77. The SMILES string of the molecule is CNC1C(CN(CC(C)C)C(C)C)CCCC1(C)C. The number of hydrogen-bond acceptors (Lipinski definition) is 2. The lowest BCUT2D eigenvalue weighted by Crippen LogP contribution is -2.52. The van der Waals surface area contributed by atoms with Crippen LogP contribution in [0, 0.1) is 17.3 Å². The summed E-state index contributed by atoms with van der Waals surface area (Å²) in [4.78, 5) is 2.68. The highest BCUT2D eigenvalue weighted by atomic mass is 15.2. The van der Waals surface area contributed by atoms with Crippen LogP contribution in [0.1, 0.15) is 60.8 Å². The average molecular weight is 268 g/mol. The molecule has 1 rings (SSSR count). The van der Waals surface area contributed by atoms with Crippen LogP contribution in [-0.2, 0) is 0 Å². The third-order valence-electron chi connectivity index (χ3n) is 4.82. The second-order valence-corrected chi connectivity index (χ2v) is 7.85. The van der Waals surface area contributed by atoms with E-state index in [0.29, 0.717) is 17.5 Å². The lowest BCUT2D eigenvalue weighted by Gasteiger charge is -2.46. The predicted molar refractivity (Wildman–Crippen MR) is 85.5 cm³/mol. The van der Waals surface area contributed by atoms with E-state index >= 15 is 0 Å². The zero-order chi connectivity index (χ0) is 14.6. The average Bonchev–Trinajstić information content (AvgIpc) is 2.26. The minimum absolute atomic E-state index is 0.443. The molecule has 0 saturated heterocycles. The summed E-state index contributed by atoms with van der Waals surface area (Å²) in [5, 5.41) is 3.62. The molecule has 2 heteroatoms. The Balaban J connectivity index is 2.71. The smallest absolute Gasteiger partial charge is 0.0156 e. The van der Waals surface area contributed by atoms with E-state index in [2.05, 4.69) is 58.8 Å². The van der Waals surface area contributed by atoms with Crippen LogP contribution < -0.4 is 5.32 Å². The third-order valence-corrected chi connectivity index (χ3v) is 4.82. The summed E-state index contributed by atoms with van der Waals surface area (Å²) < 4.78 is 0. The largest absolute Gasteiger partial charge is 0.316 e. The van der Waals surface area contributed by atoms with Gasteiger partial charge in [-0.1, -0.05) is 34.1 Å². The van der Waals surface area contributed by atoms with Crippen LogP contribution in [0.2, 0.25) is 0 Å². The molecule has 0 aromatic carbocycles. The van der Waals surface area contributed by atoms with E-state index < -0.39 is 0 Å². The van der Waals surface area contributed by atoms with E-state index in [-0.39, 0.29) is 0 Å². The summed E-state index contributed by atoms with van der Waals surface area (Å²) in [7, 11) is 2.15. The van der Waals surface area contributed by atoms with Gasteiger partial charge in [-0.3, -0.25) is 0 Å². The molecular weight excluding hydrogens is 232 g/mol. The van der Waals surface area contributed by atoms with Gasteiger partial charge in [0.25, 0.3) is 0 Å². The molecule has 1 aliphatic rings. The van der Waals surface area contributed by atoms with Gasteiger partial charge in [-0.05, 0) is 51.0 Å². The highest BCUT2D eigenvalue weighted by molar-refractivity contribution is 4.94. The molecule has 0 aromatic heterocycles. The second-order valence-electron chi connectivity index (χ2n) is 7.85. The fraction of sp³-hybridized carbons (Fsp3) is 1.00. The Hall–Kier alpha value is -0.0800. The molecule has 2 nitrogen and oxygen atoms in total. The maximum atomic E-state index is 3.62. The Kier molecular flexibility index (Phi) is 6.32. The maximum absolute atomic E-state index is 3.62. The summed E-state index contributed by atoms with van der Waals surface area (Å²) in [6, 6.07) is 1.32. The molecule has 0 amide bonds. The van der Waals surface area contributed by atoms with Crippen molar-refractivity contribution >= 4 is 0 Å². The van der Waals surface area contributed by atoms with Crippen molar-refractivity contribution in [1.29, 1.82) is 0 Å². The number of nitrogens with zero attached hydrogens (tertiary/aromatic N) is 1. The van der Waals surface area contributed by atoms with Gasteiger partial charge in [0.15, 0.2) is 0 Å². The topological polar surface area (TPSA) is 15.3 Å². The van der Waals surface area contributed by atoms with Crippen molar-refractivity contribution in [3.63, 3.8) is 0 Å². The molecule has 0 spiro atoms. The van der Waals surface area contributed by atoms with Crippen LogP contribution in [0.15, 0.2) is 0 Å². The zero-order valence-corrected chi connectivity index (χ0v) is 14.3. The standard InChI is InChI=1S/C17H36N2/c1-13(2)11-19(14(3)4)12-15-9-8-10-17(5,6)16(15)18-7/h13-16,18H,8-12H2,1-7H3. The third kappa shape index (κ3) is 4.75. The van der Waals surface area contributed by atoms with Gasteiger partial charge < -0.3 is 10.2 Å². The van der Waals surface area contributed by atoms with E-state index in [1.165, 1.54) is 32.4 Å². The summed E-state index contributed by atoms with van der Waals surface area (Å²) in [6.45, 7) is 16.7. The van der Waals surface area contributed by atoms with Crippen molar-refractivity contribution in [3.8, 4) is 0 Å². The van der Waals surface area contributed by atoms with E-state index in [0.717, 1.165) is 11.8 Å². The highest BCUT2D eigenvalue weighted by Gasteiger charge is 2.38. The summed E-state index contributed by atoms with van der Waals surface area (Å²) in [5.74, 6) is 1.56. The molecule has 1 N–H and O–H groups in total. The van der Waals surface area contributed by atoms with E-state index in [1.54, 1.807) is 0 Å². The number of rotatable bonds is 6. The lowest BCUT2D eigenvalue weighted by atomic mass is 9.67. The normalized spacial score (nSPS) is 27.5. The zero-order valence-electron chi connectivity index (χ0n) is 14.3. The first kappa shape index (κ1) is 17.0. The Morgan fingerprint density at radius 1 is 1.21 bits per heavy atom. The molecule has 2 atom stereocenters. The van der Waals surface area contributed by atoms with Gasteiger partial charge in [-0.15, -0.1) is 0 Å². The highest BCUT2D eigenvalue weighted by Crippen LogP contribution is 2.39. The van der Waals surface area contributed by atoms with Gasteiger partial charge in [0.1, 0.15) is 0 Å². The molecule has 1 aliphatic carbocycles. The summed E-state index contributed by atoms with van der Waals surface area (Å²) in [6.07, 6.45) is 4.14. The number of hydrogen-bond donors (Lipinski definition) is 1. The molecule has 114 valence electrons. The van der Waals surface area contributed by atoms with Gasteiger partial charge in [0.2, 0.25) is 0 Å². The van der Waals surface area contributed by atoms with Crippen molar-refractivity contribution in [1.82, 2.24) is 10.2 Å². The molecule has 0 radical (unpaired) electrons. The molecule has 1 saturated carbocycles. The summed E-state index contributed by atoms with van der Waals surface area (Å²) in [5.41, 5.74) is 0.443. The van der Waals surface area contributed by atoms with Gasteiger partial charge in [-0.2, -0.15) is 0 Å². The predicted octanol–water partition coefficient (Wildman–Crippen LogP) is 3.77. The Labute approximate surface area is 121 Å². The van der Waals surface area contributed by atoms with Crippen LogP contribution >= 0.6 is 0 Å². The lowest BCUT2D eigenvalue weighted by molar-refractivity contribution is 0.0689. The van der Waals surface area contributed by atoms with E-state index in [4.69, 9.17) is 0 Å². The van der Waals surface area contributed by atoms with Gasteiger partial charge >= 0.3 is 0 Å². The molecule has 2 unspecified atom stereocenters. The van der Waals surface area contributed by atoms with Gasteiger partial charge in [0.05, 0.1) is 0 Å². The molecular formula is C17H36N2. The van der Waals surface area contributed by atoms with Crippen molar-refractivity contribution in [2.75, 3.05) is 20.1 Å². The van der Waals surface area contributed by atoms with Crippen LogP contribution in [0.25, 0.3) is 0 Å². The van der Waals surface area contributed by atoms with Crippen molar-refractivity contribution < 1.29 is 0 Å². The van der Waals surface area contributed by atoms with Crippen molar-refractivity contribution in [2.45, 2.75) is 72.9 Å². The minimum Gasteiger partial charge on any atom is -0.316 e. The minimum atomic E-state index is 0.443. The second kappa shape index (κ2) is 7.08. The molecule has 19 heavy (non-hydrogen) atoms. The van der Waals surface area contributed by atoms with Crippen LogP contribution in [0.5, 0.6) is 0 Å². The molecule has 0 aromatic rings. The van der Waals surface area contributed by atoms with Gasteiger partial charge in [0, 0.05) is 25.2 Å². The monoisotopic (exact) mass is 268 g/mol. The van der Waals surface area contributed by atoms with Crippen LogP contribution in [0.3, 0.4) is 0 Å². The van der Waals surface area contributed by atoms with E-state index in [1.807, 2.05) is 0 Å². The van der Waals surface area contributed by atoms with Gasteiger partial charge in [-0.25, -0.2) is 0 Å². The molecule has 0 bridgehead atoms. The maximum Gasteiger partial charge on any atom is 0.0156 e. The Morgan fingerprint density at radius 2 is 1.84 bits per heavy atom. The van der Waals surface area contributed by atoms with Crippen molar-refractivity contribution in [2.24, 2.45) is 17.3 Å². The Morgan fingerprint density at radius 3 is 2.32 bits per heavy atom. The molecule has 0 aliphatic heterocycles. The number of nitrogens with one attached hydrogen (secondary N) is 1.